The van der Waals surface area contributed by atoms with Crippen molar-refractivity contribution in [3.63, 3.8) is 0 Å². The van der Waals surface area contributed by atoms with E-state index in [1.165, 1.54) is 16.7 Å². The minimum atomic E-state index is 0.0678. The van der Waals surface area contributed by atoms with Crippen molar-refractivity contribution in [2.24, 2.45) is 5.41 Å². The molecule has 1 aromatic rings. The Morgan fingerprint density at radius 1 is 1.32 bits per heavy atom. The van der Waals surface area contributed by atoms with Crippen molar-refractivity contribution in [1.82, 2.24) is 4.90 Å². The van der Waals surface area contributed by atoms with Gasteiger partial charge in [-0.1, -0.05) is 55.7 Å². The van der Waals surface area contributed by atoms with Gasteiger partial charge in [0.25, 0.3) is 0 Å². The molecule has 0 radical (unpaired) electrons. The van der Waals surface area contributed by atoms with Gasteiger partial charge in [0, 0.05) is 18.5 Å². The van der Waals surface area contributed by atoms with Gasteiger partial charge in [0.15, 0.2) is 0 Å². The van der Waals surface area contributed by atoms with Crippen molar-refractivity contribution in [1.29, 1.82) is 0 Å². The average Bonchev–Trinajstić information content (AvgIpc) is 2.45. The Labute approximate surface area is 136 Å². The van der Waals surface area contributed by atoms with Crippen LogP contribution in [-0.2, 0) is 6.54 Å². The largest absolute Gasteiger partial charge is 0.298 e. The maximum Gasteiger partial charge on any atom is 0.0234 e. The third-order valence-electron chi connectivity index (χ3n) is 3.28. The summed E-state index contributed by atoms with van der Waals surface area (Å²) in [4.78, 5) is 2.28. The zero-order valence-corrected chi connectivity index (χ0v) is 14.7. The van der Waals surface area contributed by atoms with E-state index in [1.54, 1.807) is 0 Å². The highest BCUT2D eigenvalue weighted by molar-refractivity contribution is 5.63. The van der Waals surface area contributed by atoms with Gasteiger partial charge < -0.3 is 0 Å². The van der Waals surface area contributed by atoms with Gasteiger partial charge in [-0.3, -0.25) is 4.90 Å². The molecule has 0 spiro atoms. The number of benzene rings is 1. The molecule has 0 heterocycles. The van der Waals surface area contributed by atoms with E-state index in [2.05, 4.69) is 88.4 Å². The molecule has 0 saturated carbocycles. The highest BCUT2D eigenvalue weighted by Crippen LogP contribution is 2.17. The standard InChI is InChI=1S/C21H29N/c1-7-18(2)20-13-11-12-19(16-20)17-22(6)15-10-8-9-14-21(3,4)5/h8,10-13,16H,2,7,15,17H2,1,3-6H3/b10-8+. The Morgan fingerprint density at radius 3 is 2.68 bits per heavy atom. The summed E-state index contributed by atoms with van der Waals surface area (Å²) in [7, 11) is 2.13. The maximum absolute atomic E-state index is 4.11. The minimum absolute atomic E-state index is 0.0678. The topological polar surface area (TPSA) is 3.24 Å². The number of rotatable bonds is 6. The van der Waals surface area contributed by atoms with Gasteiger partial charge in [-0.25, -0.2) is 0 Å². The summed E-state index contributed by atoms with van der Waals surface area (Å²) < 4.78 is 0. The van der Waals surface area contributed by atoms with Crippen LogP contribution >= 0.6 is 0 Å². The van der Waals surface area contributed by atoms with E-state index >= 15 is 0 Å². The molecule has 118 valence electrons. The van der Waals surface area contributed by atoms with E-state index < -0.39 is 0 Å². The molecule has 22 heavy (non-hydrogen) atoms. The molecule has 0 atom stereocenters. The summed E-state index contributed by atoms with van der Waals surface area (Å²) >= 11 is 0. The zero-order valence-electron chi connectivity index (χ0n) is 14.7. The first kappa shape index (κ1) is 18.3. The van der Waals surface area contributed by atoms with Crippen LogP contribution in [0, 0.1) is 17.3 Å². The number of likely N-dealkylation sites (N-methyl/N-ethyl adjacent to an activating group) is 1. The summed E-state index contributed by atoms with van der Waals surface area (Å²) in [5.41, 5.74) is 3.84. The lowest BCUT2D eigenvalue weighted by Crippen LogP contribution is -2.17. The van der Waals surface area contributed by atoms with Gasteiger partial charge >= 0.3 is 0 Å². The van der Waals surface area contributed by atoms with Gasteiger partial charge in [-0.2, -0.15) is 0 Å². The number of nitrogens with zero attached hydrogens (tertiary/aromatic N) is 1. The third kappa shape index (κ3) is 7.29. The predicted molar refractivity (Wildman–Crippen MR) is 98.5 cm³/mol. The minimum Gasteiger partial charge on any atom is -0.298 e. The van der Waals surface area contributed by atoms with Crippen LogP contribution < -0.4 is 0 Å². The van der Waals surface area contributed by atoms with Gasteiger partial charge in [0.1, 0.15) is 0 Å². The highest BCUT2D eigenvalue weighted by atomic mass is 15.1. The Bertz CT molecular complexity index is 576. The fourth-order valence-corrected chi connectivity index (χ4v) is 2.02. The first-order valence-corrected chi connectivity index (χ1v) is 7.95. The summed E-state index contributed by atoms with van der Waals surface area (Å²) in [6.45, 7) is 14.5. The number of allylic oxidation sites excluding steroid dienone is 2. The van der Waals surface area contributed by atoms with Crippen LogP contribution in [0.3, 0.4) is 0 Å². The zero-order chi connectivity index (χ0) is 16.6. The smallest absolute Gasteiger partial charge is 0.0234 e. The van der Waals surface area contributed by atoms with Crippen LogP contribution in [0.15, 0.2) is 43.0 Å². The Balaban J connectivity index is 2.55. The molecule has 0 saturated heterocycles. The average molecular weight is 295 g/mol. The Kier molecular flexibility index (Phi) is 7.15. The van der Waals surface area contributed by atoms with Crippen LogP contribution in [0.4, 0.5) is 0 Å². The van der Waals surface area contributed by atoms with Gasteiger partial charge in [-0.05, 0) is 57.0 Å². The quantitative estimate of drug-likeness (QED) is 0.656. The molecule has 1 rings (SSSR count). The van der Waals surface area contributed by atoms with Crippen molar-refractivity contribution in [3.05, 3.63) is 54.1 Å². The molecule has 1 heteroatoms. The SMILES string of the molecule is C=C(CC)c1cccc(CN(C)C/C=C/C#CC(C)(C)C)c1. The normalized spacial score (nSPS) is 11.5. The van der Waals surface area contributed by atoms with E-state index in [0.717, 1.165) is 19.5 Å². The van der Waals surface area contributed by atoms with Crippen molar-refractivity contribution >= 4 is 5.57 Å². The molecule has 0 aliphatic heterocycles. The molecule has 0 N–H and O–H groups in total. The molecule has 0 fully saturated rings. The Hall–Kier alpha value is -1.78. The maximum atomic E-state index is 4.11. The molecule has 0 unspecified atom stereocenters. The highest BCUT2D eigenvalue weighted by Gasteiger charge is 2.03. The van der Waals surface area contributed by atoms with Crippen molar-refractivity contribution in [3.8, 4) is 11.8 Å². The summed E-state index contributed by atoms with van der Waals surface area (Å²) in [6, 6.07) is 8.67. The monoisotopic (exact) mass is 295 g/mol. The van der Waals surface area contributed by atoms with Gasteiger partial charge in [0.05, 0.1) is 0 Å². The lowest BCUT2D eigenvalue weighted by molar-refractivity contribution is 0.363. The van der Waals surface area contributed by atoms with Gasteiger partial charge in [0.2, 0.25) is 0 Å². The second-order valence-corrected chi connectivity index (χ2v) is 6.78. The lowest BCUT2D eigenvalue weighted by Gasteiger charge is -2.15. The molecule has 1 aromatic carbocycles. The molecule has 0 amide bonds. The van der Waals surface area contributed by atoms with E-state index in [4.69, 9.17) is 0 Å². The van der Waals surface area contributed by atoms with Crippen LogP contribution in [-0.4, -0.2) is 18.5 Å². The van der Waals surface area contributed by atoms with E-state index in [-0.39, 0.29) is 5.41 Å². The molecule has 0 aromatic heterocycles. The second kappa shape index (κ2) is 8.61. The van der Waals surface area contributed by atoms with Crippen LogP contribution in [0.25, 0.3) is 5.57 Å². The predicted octanol–water partition coefficient (Wildman–Crippen LogP) is 5.15. The fourth-order valence-electron chi connectivity index (χ4n) is 2.02. The van der Waals surface area contributed by atoms with Crippen molar-refractivity contribution in [2.75, 3.05) is 13.6 Å². The van der Waals surface area contributed by atoms with E-state index in [9.17, 15) is 0 Å². The molecule has 0 bridgehead atoms. The first-order valence-electron chi connectivity index (χ1n) is 7.95. The summed E-state index contributed by atoms with van der Waals surface area (Å²) in [5, 5.41) is 0. The van der Waals surface area contributed by atoms with Crippen molar-refractivity contribution in [2.45, 2.75) is 40.7 Å². The van der Waals surface area contributed by atoms with Gasteiger partial charge in [-0.15, -0.1) is 0 Å². The third-order valence-corrected chi connectivity index (χ3v) is 3.28. The molecular formula is C21H29N. The Morgan fingerprint density at radius 2 is 2.05 bits per heavy atom. The fraction of sp³-hybridized carbons (Fsp3) is 0.429. The van der Waals surface area contributed by atoms with E-state index in [0.29, 0.717) is 0 Å². The van der Waals surface area contributed by atoms with Crippen LogP contribution in [0.5, 0.6) is 0 Å². The molecule has 0 aliphatic carbocycles. The summed E-state index contributed by atoms with van der Waals surface area (Å²) in [6.07, 6.45) is 5.07. The molecular weight excluding hydrogens is 266 g/mol. The number of hydrogen-bond donors (Lipinski definition) is 0. The molecule has 1 nitrogen and oxygen atoms in total. The van der Waals surface area contributed by atoms with Crippen molar-refractivity contribution < 1.29 is 0 Å². The second-order valence-electron chi connectivity index (χ2n) is 6.78. The van der Waals surface area contributed by atoms with Crippen LogP contribution in [0.2, 0.25) is 0 Å². The lowest BCUT2D eigenvalue weighted by atomic mass is 9.98. The van der Waals surface area contributed by atoms with Crippen LogP contribution in [0.1, 0.15) is 45.2 Å². The number of hydrogen-bond acceptors (Lipinski definition) is 1. The first-order chi connectivity index (χ1) is 10.3. The molecule has 0 aliphatic rings. The van der Waals surface area contributed by atoms with E-state index in [1.807, 2.05) is 6.08 Å². The summed E-state index contributed by atoms with van der Waals surface area (Å²) in [5.74, 6) is 6.31.